The van der Waals surface area contributed by atoms with Gasteiger partial charge >= 0.3 is 6.36 Å². The molecule has 1 unspecified atom stereocenters. The first-order valence-electron chi connectivity index (χ1n) is 7.13. The van der Waals surface area contributed by atoms with Crippen molar-refractivity contribution >= 4 is 5.91 Å². The van der Waals surface area contributed by atoms with E-state index < -0.39 is 24.3 Å². The van der Waals surface area contributed by atoms with Gasteiger partial charge in [-0.1, -0.05) is 24.3 Å². The van der Waals surface area contributed by atoms with Gasteiger partial charge in [0, 0.05) is 12.1 Å². The highest BCUT2D eigenvalue weighted by Crippen LogP contribution is 2.37. The van der Waals surface area contributed by atoms with Gasteiger partial charge in [-0.05, 0) is 23.8 Å². The molecule has 0 aromatic heterocycles. The van der Waals surface area contributed by atoms with E-state index in [0.717, 1.165) is 17.0 Å². The van der Waals surface area contributed by atoms with Crippen molar-refractivity contribution in [2.45, 2.75) is 19.2 Å². The summed E-state index contributed by atoms with van der Waals surface area (Å²) in [6, 6.07) is 11.0. The Morgan fingerprint density at radius 2 is 1.84 bits per heavy atom. The first kappa shape index (κ1) is 16.8. The molecular weight excluding hydrogens is 340 g/mol. The smallest absolute Gasteiger partial charge is 0.406 e. The number of rotatable bonds is 3. The van der Waals surface area contributed by atoms with Crippen LogP contribution in [-0.2, 0) is 6.54 Å². The number of nitriles is 1. The Hall–Kier alpha value is -3.08. The molecule has 1 aliphatic rings. The molecule has 0 saturated carbocycles. The van der Waals surface area contributed by atoms with E-state index in [1.165, 1.54) is 30.3 Å². The van der Waals surface area contributed by atoms with E-state index in [2.05, 4.69) is 4.74 Å². The van der Waals surface area contributed by atoms with Gasteiger partial charge in [0.25, 0.3) is 5.91 Å². The van der Waals surface area contributed by atoms with E-state index in [1.54, 1.807) is 0 Å². The van der Waals surface area contributed by atoms with Gasteiger partial charge in [0.1, 0.15) is 5.75 Å². The van der Waals surface area contributed by atoms with Crippen LogP contribution in [0.25, 0.3) is 0 Å². The Labute approximate surface area is 139 Å². The SMILES string of the molecule is N#Cc1cccc2c1C(=O)N(Cc1ccc(OC(F)(F)F)cc1)C2F. The van der Waals surface area contributed by atoms with Gasteiger partial charge in [-0.15, -0.1) is 13.2 Å². The average Bonchev–Trinajstić information content (AvgIpc) is 2.80. The Morgan fingerprint density at radius 1 is 1.16 bits per heavy atom. The van der Waals surface area contributed by atoms with Crippen LogP contribution in [0.15, 0.2) is 42.5 Å². The van der Waals surface area contributed by atoms with Crippen LogP contribution < -0.4 is 4.74 Å². The lowest BCUT2D eigenvalue weighted by Crippen LogP contribution is -2.25. The topological polar surface area (TPSA) is 53.3 Å². The van der Waals surface area contributed by atoms with Crippen molar-refractivity contribution in [1.29, 1.82) is 5.26 Å². The zero-order valence-electron chi connectivity index (χ0n) is 12.5. The number of ether oxygens (including phenoxy) is 1. The van der Waals surface area contributed by atoms with Crippen molar-refractivity contribution in [3.63, 3.8) is 0 Å². The van der Waals surface area contributed by atoms with Gasteiger partial charge in [-0.25, -0.2) is 4.39 Å². The maximum absolute atomic E-state index is 14.6. The molecule has 2 aromatic carbocycles. The molecule has 0 saturated heterocycles. The van der Waals surface area contributed by atoms with Crippen molar-refractivity contribution in [2.24, 2.45) is 0 Å². The molecular formula is C17H10F4N2O2. The highest BCUT2D eigenvalue weighted by Gasteiger charge is 2.38. The van der Waals surface area contributed by atoms with Crippen LogP contribution >= 0.6 is 0 Å². The van der Waals surface area contributed by atoms with Crippen LogP contribution in [0.3, 0.4) is 0 Å². The molecule has 1 aliphatic heterocycles. The minimum atomic E-state index is -4.80. The van der Waals surface area contributed by atoms with E-state index in [9.17, 15) is 22.4 Å². The van der Waals surface area contributed by atoms with E-state index in [0.29, 0.717) is 5.56 Å². The number of hydrogen-bond donors (Lipinski definition) is 0. The number of benzene rings is 2. The molecule has 0 spiro atoms. The first-order valence-corrected chi connectivity index (χ1v) is 7.13. The van der Waals surface area contributed by atoms with Crippen molar-refractivity contribution in [3.8, 4) is 11.8 Å². The molecule has 0 radical (unpaired) electrons. The van der Waals surface area contributed by atoms with Crippen LogP contribution in [0.4, 0.5) is 17.6 Å². The number of carbonyl (C=O) groups is 1. The molecule has 1 amide bonds. The van der Waals surface area contributed by atoms with Crippen LogP contribution in [0.1, 0.15) is 33.3 Å². The molecule has 1 atom stereocenters. The molecule has 25 heavy (non-hydrogen) atoms. The van der Waals surface area contributed by atoms with E-state index in [4.69, 9.17) is 5.26 Å². The molecule has 0 aliphatic carbocycles. The number of fused-ring (bicyclic) bond motifs is 1. The summed E-state index contributed by atoms with van der Waals surface area (Å²) in [7, 11) is 0. The van der Waals surface area contributed by atoms with E-state index >= 15 is 0 Å². The molecule has 8 heteroatoms. The van der Waals surface area contributed by atoms with Crippen molar-refractivity contribution in [1.82, 2.24) is 4.90 Å². The van der Waals surface area contributed by atoms with E-state index in [1.807, 2.05) is 6.07 Å². The fraction of sp³-hybridized carbons (Fsp3) is 0.176. The number of carbonyl (C=O) groups excluding carboxylic acids is 1. The predicted octanol–water partition coefficient (Wildman–Crippen LogP) is 4.08. The predicted molar refractivity (Wildman–Crippen MR) is 78.0 cm³/mol. The molecule has 3 rings (SSSR count). The largest absolute Gasteiger partial charge is 0.573 e. The zero-order chi connectivity index (χ0) is 18.2. The Balaban J connectivity index is 1.81. The molecule has 0 N–H and O–H groups in total. The van der Waals surface area contributed by atoms with Gasteiger partial charge < -0.3 is 9.64 Å². The molecule has 128 valence electrons. The fourth-order valence-electron chi connectivity index (χ4n) is 2.66. The van der Waals surface area contributed by atoms with Crippen molar-refractivity contribution in [3.05, 3.63) is 64.7 Å². The zero-order valence-corrected chi connectivity index (χ0v) is 12.5. The summed E-state index contributed by atoms with van der Waals surface area (Å²) in [5.74, 6) is -1.04. The summed E-state index contributed by atoms with van der Waals surface area (Å²) >= 11 is 0. The van der Waals surface area contributed by atoms with Crippen LogP contribution in [0, 0.1) is 11.3 Å². The average molecular weight is 350 g/mol. The monoisotopic (exact) mass is 350 g/mol. The van der Waals surface area contributed by atoms with Gasteiger partial charge in [-0.2, -0.15) is 5.26 Å². The highest BCUT2D eigenvalue weighted by atomic mass is 19.4. The minimum Gasteiger partial charge on any atom is -0.406 e. The second kappa shape index (κ2) is 6.09. The lowest BCUT2D eigenvalue weighted by molar-refractivity contribution is -0.274. The number of nitrogens with zero attached hydrogens (tertiary/aromatic N) is 2. The van der Waals surface area contributed by atoms with Gasteiger partial charge in [0.15, 0.2) is 0 Å². The lowest BCUT2D eigenvalue weighted by Gasteiger charge is -2.19. The molecule has 0 bridgehead atoms. The Bertz CT molecular complexity index is 856. The summed E-state index contributed by atoms with van der Waals surface area (Å²) in [5, 5.41) is 9.06. The second-order valence-electron chi connectivity index (χ2n) is 5.34. The number of hydrogen-bond acceptors (Lipinski definition) is 3. The minimum absolute atomic E-state index is 0.0227. The van der Waals surface area contributed by atoms with E-state index in [-0.39, 0.29) is 23.2 Å². The number of amides is 1. The maximum Gasteiger partial charge on any atom is 0.573 e. The van der Waals surface area contributed by atoms with Crippen LogP contribution in [0.2, 0.25) is 0 Å². The van der Waals surface area contributed by atoms with Gasteiger partial charge in [-0.3, -0.25) is 4.79 Å². The fourth-order valence-corrected chi connectivity index (χ4v) is 2.66. The van der Waals surface area contributed by atoms with Gasteiger partial charge in [0.05, 0.1) is 17.2 Å². The molecule has 1 heterocycles. The highest BCUT2D eigenvalue weighted by molar-refractivity contribution is 6.01. The maximum atomic E-state index is 14.6. The Kier molecular flexibility index (Phi) is 4.08. The third kappa shape index (κ3) is 3.26. The molecule has 4 nitrogen and oxygen atoms in total. The molecule has 0 fully saturated rings. The number of halogens is 4. The third-order valence-electron chi connectivity index (χ3n) is 3.73. The van der Waals surface area contributed by atoms with Crippen LogP contribution in [-0.4, -0.2) is 17.2 Å². The standard InChI is InChI=1S/C17H10F4N2O2/c18-15-13-3-1-2-11(8-22)14(13)16(24)23(15)9-10-4-6-12(7-5-10)25-17(19,20)21/h1-7,15H,9H2. The van der Waals surface area contributed by atoms with Gasteiger partial charge in [0.2, 0.25) is 6.30 Å². The lowest BCUT2D eigenvalue weighted by atomic mass is 10.0. The van der Waals surface area contributed by atoms with Crippen molar-refractivity contribution < 1.29 is 27.1 Å². The first-order chi connectivity index (χ1) is 11.8. The normalized spacial score (nSPS) is 16.5. The summed E-state index contributed by atoms with van der Waals surface area (Å²) in [4.78, 5) is 13.3. The second-order valence-corrected chi connectivity index (χ2v) is 5.34. The summed E-state index contributed by atoms with van der Waals surface area (Å²) < 4.78 is 54.7. The van der Waals surface area contributed by atoms with Crippen LogP contribution in [0.5, 0.6) is 5.75 Å². The summed E-state index contributed by atoms with van der Waals surface area (Å²) in [5.41, 5.74) is 0.647. The number of alkyl halides is 4. The quantitative estimate of drug-likeness (QED) is 0.619. The molecule has 2 aromatic rings. The van der Waals surface area contributed by atoms with Crippen molar-refractivity contribution in [2.75, 3.05) is 0 Å². The Morgan fingerprint density at radius 3 is 2.44 bits per heavy atom. The summed E-state index contributed by atoms with van der Waals surface area (Å²) in [6.07, 6.45) is -6.52. The summed E-state index contributed by atoms with van der Waals surface area (Å²) in [6.45, 7) is -0.147. The third-order valence-corrected chi connectivity index (χ3v) is 3.73.